The van der Waals surface area contributed by atoms with Gasteiger partial charge in [-0.1, -0.05) is 28.9 Å². The molecule has 0 aliphatic rings. The molecule has 0 saturated heterocycles. The van der Waals surface area contributed by atoms with E-state index in [4.69, 9.17) is 20.9 Å². The molecule has 1 heterocycles. The predicted octanol–water partition coefficient (Wildman–Crippen LogP) is 4.92. The maximum Gasteiger partial charge on any atom is 0.278 e. The largest absolute Gasteiger partial charge is 0.489 e. The van der Waals surface area contributed by atoms with E-state index in [1.807, 2.05) is 6.92 Å². The van der Waals surface area contributed by atoms with Crippen molar-refractivity contribution in [2.24, 2.45) is 0 Å². The average molecular weight is 375 g/mol. The zero-order valence-corrected chi connectivity index (χ0v) is 14.9. The Hall–Kier alpha value is -2.86. The Morgan fingerprint density at radius 2 is 2.08 bits per heavy atom. The first kappa shape index (κ1) is 17.9. The van der Waals surface area contributed by atoms with Gasteiger partial charge in [0.15, 0.2) is 5.69 Å². The molecule has 0 saturated carbocycles. The molecule has 26 heavy (non-hydrogen) atoms. The first-order valence-corrected chi connectivity index (χ1v) is 8.23. The third-order valence-corrected chi connectivity index (χ3v) is 4.22. The Kier molecular flexibility index (Phi) is 5.23. The van der Waals surface area contributed by atoms with E-state index in [0.717, 1.165) is 5.56 Å². The number of rotatable bonds is 5. The summed E-state index contributed by atoms with van der Waals surface area (Å²) < 4.78 is 23.9. The third-order valence-electron chi connectivity index (χ3n) is 3.81. The van der Waals surface area contributed by atoms with E-state index < -0.39 is 11.7 Å². The summed E-state index contributed by atoms with van der Waals surface area (Å²) in [5.41, 5.74) is 2.05. The first-order chi connectivity index (χ1) is 12.4. The molecule has 3 rings (SSSR count). The SMILES string of the molecule is Cc1ccc(NC(=O)c2noc(C)c2COc2cccc(F)c2)cc1Cl. The molecule has 1 aromatic heterocycles. The second-order valence-corrected chi connectivity index (χ2v) is 6.14. The molecule has 0 radical (unpaired) electrons. The number of halogens is 2. The Balaban J connectivity index is 1.76. The van der Waals surface area contributed by atoms with Crippen LogP contribution in [0.2, 0.25) is 5.02 Å². The lowest BCUT2D eigenvalue weighted by atomic mass is 10.2. The fraction of sp³-hybridized carbons (Fsp3) is 0.158. The van der Waals surface area contributed by atoms with E-state index in [2.05, 4.69) is 10.5 Å². The van der Waals surface area contributed by atoms with E-state index in [9.17, 15) is 9.18 Å². The summed E-state index contributed by atoms with van der Waals surface area (Å²) in [5.74, 6) is -0.0471. The molecule has 3 aromatic rings. The molecule has 0 unspecified atom stereocenters. The van der Waals surface area contributed by atoms with Gasteiger partial charge in [0.25, 0.3) is 5.91 Å². The smallest absolute Gasteiger partial charge is 0.278 e. The van der Waals surface area contributed by atoms with E-state index in [-0.39, 0.29) is 12.3 Å². The van der Waals surface area contributed by atoms with Crippen molar-refractivity contribution in [2.75, 3.05) is 5.32 Å². The van der Waals surface area contributed by atoms with Crippen LogP contribution in [0.5, 0.6) is 5.75 Å². The van der Waals surface area contributed by atoms with Gasteiger partial charge in [-0.05, 0) is 43.7 Å². The molecule has 0 aliphatic carbocycles. The molecule has 2 aromatic carbocycles. The number of carbonyl (C=O) groups is 1. The van der Waals surface area contributed by atoms with Crippen molar-refractivity contribution in [1.82, 2.24) is 5.16 Å². The minimum absolute atomic E-state index is 0.0240. The van der Waals surface area contributed by atoms with Crippen LogP contribution in [0.1, 0.15) is 27.4 Å². The summed E-state index contributed by atoms with van der Waals surface area (Å²) in [6.07, 6.45) is 0. The highest BCUT2D eigenvalue weighted by Gasteiger charge is 2.21. The summed E-state index contributed by atoms with van der Waals surface area (Å²) in [6, 6.07) is 11.0. The molecule has 7 heteroatoms. The van der Waals surface area contributed by atoms with E-state index in [1.54, 1.807) is 37.3 Å². The fourth-order valence-corrected chi connectivity index (χ4v) is 2.49. The van der Waals surface area contributed by atoms with Gasteiger partial charge in [-0.3, -0.25) is 4.79 Å². The number of aryl methyl sites for hydroxylation is 2. The normalized spacial score (nSPS) is 10.6. The minimum Gasteiger partial charge on any atom is -0.489 e. The van der Waals surface area contributed by atoms with Gasteiger partial charge in [0.1, 0.15) is 23.9 Å². The molecular weight excluding hydrogens is 359 g/mol. The van der Waals surface area contributed by atoms with Crippen molar-refractivity contribution in [3.8, 4) is 5.75 Å². The van der Waals surface area contributed by atoms with Crippen LogP contribution in [0.25, 0.3) is 0 Å². The van der Waals surface area contributed by atoms with Crippen molar-refractivity contribution in [2.45, 2.75) is 20.5 Å². The highest BCUT2D eigenvalue weighted by Crippen LogP contribution is 2.22. The summed E-state index contributed by atoms with van der Waals surface area (Å²) in [6.45, 7) is 3.57. The van der Waals surface area contributed by atoms with Crippen LogP contribution < -0.4 is 10.1 Å². The molecule has 1 N–H and O–H groups in total. The number of hydrogen-bond acceptors (Lipinski definition) is 4. The number of aromatic nitrogens is 1. The van der Waals surface area contributed by atoms with Gasteiger partial charge in [-0.15, -0.1) is 0 Å². The topological polar surface area (TPSA) is 64.4 Å². The lowest BCUT2D eigenvalue weighted by Gasteiger charge is -2.08. The quantitative estimate of drug-likeness (QED) is 0.688. The third kappa shape index (κ3) is 4.03. The van der Waals surface area contributed by atoms with Gasteiger partial charge in [0.2, 0.25) is 0 Å². The van der Waals surface area contributed by atoms with E-state index in [0.29, 0.717) is 27.8 Å². The van der Waals surface area contributed by atoms with E-state index in [1.165, 1.54) is 12.1 Å². The molecule has 134 valence electrons. The maximum absolute atomic E-state index is 13.2. The number of nitrogens with zero attached hydrogens (tertiary/aromatic N) is 1. The highest BCUT2D eigenvalue weighted by molar-refractivity contribution is 6.31. The fourth-order valence-electron chi connectivity index (χ4n) is 2.31. The maximum atomic E-state index is 13.2. The molecule has 0 aliphatic heterocycles. The molecular formula is C19H16ClFN2O3. The molecule has 0 atom stereocenters. The number of hydrogen-bond donors (Lipinski definition) is 1. The van der Waals surface area contributed by atoms with Crippen LogP contribution in [0.4, 0.5) is 10.1 Å². The van der Waals surface area contributed by atoms with Crippen LogP contribution in [-0.2, 0) is 6.61 Å². The van der Waals surface area contributed by atoms with Crippen LogP contribution in [-0.4, -0.2) is 11.1 Å². The monoisotopic (exact) mass is 374 g/mol. The van der Waals surface area contributed by atoms with E-state index >= 15 is 0 Å². The lowest BCUT2D eigenvalue weighted by molar-refractivity contribution is 0.101. The Labute approximate surface area is 154 Å². The number of anilines is 1. The van der Waals surface area contributed by atoms with Crippen molar-refractivity contribution >= 4 is 23.2 Å². The number of ether oxygens (including phenoxy) is 1. The van der Waals surface area contributed by atoms with Crippen LogP contribution >= 0.6 is 11.6 Å². The minimum atomic E-state index is -0.445. The number of benzene rings is 2. The van der Waals surface area contributed by atoms with Gasteiger partial charge in [-0.2, -0.15) is 0 Å². The van der Waals surface area contributed by atoms with Crippen molar-refractivity contribution in [1.29, 1.82) is 0 Å². The van der Waals surface area contributed by atoms with Gasteiger partial charge < -0.3 is 14.6 Å². The zero-order valence-electron chi connectivity index (χ0n) is 14.2. The Morgan fingerprint density at radius 1 is 1.27 bits per heavy atom. The molecule has 0 spiro atoms. The second-order valence-electron chi connectivity index (χ2n) is 5.73. The molecule has 0 bridgehead atoms. The predicted molar refractivity (Wildman–Crippen MR) is 96.1 cm³/mol. The molecule has 5 nitrogen and oxygen atoms in total. The number of carbonyl (C=O) groups excluding carboxylic acids is 1. The Bertz CT molecular complexity index is 956. The lowest BCUT2D eigenvalue weighted by Crippen LogP contribution is -2.15. The first-order valence-electron chi connectivity index (χ1n) is 7.85. The summed E-state index contributed by atoms with van der Waals surface area (Å²) in [5, 5.41) is 7.08. The standard InChI is InChI=1S/C19H16ClFN2O3/c1-11-6-7-14(9-17(11)20)22-19(24)18-16(12(2)26-23-18)10-25-15-5-3-4-13(21)8-15/h3-9H,10H2,1-2H3,(H,22,24). The molecule has 0 fully saturated rings. The van der Waals surface area contributed by atoms with Gasteiger partial charge in [-0.25, -0.2) is 4.39 Å². The van der Waals surface area contributed by atoms with Crippen molar-refractivity contribution in [3.05, 3.63) is 75.9 Å². The zero-order chi connectivity index (χ0) is 18.7. The highest BCUT2D eigenvalue weighted by atomic mass is 35.5. The van der Waals surface area contributed by atoms with Crippen molar-refractivity contribution < 1.29 is 18.4 Å². The van der Waals surface area contributed by atoms with Crippen LogP contribution in [0.15, 0.2) is 47.0 Å². The van der Waals surface area contributed by atoms with Crippen LogP contribution in [0, 0.1) is 19.7 Å². The van der Waals surface area contributed by atoms with Crippen LogP contribution in [0.3, 0.4) is 0 Å². The average Bonchev–Trinajstić information content (AvgIpc) is 2.97. The molecule has 1 amide bonds. The second kappa shape index (κ2) is 7.58. The summed E-state index contributed by atoms with van der Waals surface area (Å²) in [4.78, 5) is 12.5. The number of amides is 1. The van der Waals surface area contributed by atoms with Gasteiger partial charge in [0, 0.05) is 16.8 Å². The Morgan fingerprint density at radius 3 is 2.81 bits per heavy atom. The van der Waals surface area contributed by atoms with Gasteiger partial charge in [0.05, 0.1) is 5.56 Å². The number of nitrogens with one attached hydrogen (secondary N) is 1. The summed E-state index contributed by atoms with van der Waals surface area (Å²) in [7, 11) is 0. The summed E-state index contributed by atoms with van der Waals surface area (Å²) >= 11 is 6.07. The van der Waals surface area contributed by atoms with Crippen molar-refractivity contribution in [3.63, 3.8) is 0 Å². The van der Waals surface area contributed by atoms with Gasteiger partial charge >= 0.3 is 0 Å².